The lowest BCUT2D eigenvalue weighted by molar-refractivity contribution is 0.211. The number of nitrogens with zero attached hydrogens (tertiary/aromatic N) is 2. The largest absolute Gasteiger partial charge is 0.383 e. The van der Waals surface area contributed by atoms with Gasteiger partial charge in [0.1, 0.15) is 0 Å². The van der Waals surface area contributed by atoms with Gasteiger partial charge in [0.05, 0.1) is 16.8 Å². The number of nitrogens with one attached hydrogen (secondary N) is 1. The molecule has 1 aromatic heterocycles. The molecule has 2 aromatic rings. The van der Waals surface area contributed by atoms with Crippen LogP contribution in [0.15, 0.2) is 18.2 Å². The molecule has 0 bridgehead atoms. The molecule has 4 nitrogen and oxygen atoms in total. The van der Waals surface area contributed by atoms with Crippen molar-refractivity contribution < 1.29 is 4.74 Å². The Kier molecular flexibility index (Phi) is 5.76. The quantitative estimate of drug-likeness (QED) is 0.758. The molecule has 20 heavy (non-hydrogen) atoms. The van der Waals surface area contributed by atoms with Crippen molar-refractivity contribution in [2.75, 3.05) is 38.7 Å². The maximum atomic E-state index is 5.03. The number of anilines is 1. The lowest BCUT2D eigenvalue weighted by Crippen LogP contribution is -2.21. The second-order valence-electron chi connectivity index (χ2n) is 4.70. The molecule has 0 saturated carbocycles. The number of thiazole rings is 1. The van der Waals surface area contributed by atoms with Crippen LogP contribution in [0.1, 0.15) is 19.4 Å². The van der Waals surface area contributed by atoms with Crippen LogP contribution in [0, 0.1) is 0 Å². The molecule has 0 spiro atoms. The van der Waals surface area contributed by atoms with E-state index in [9.17, 15) is 0 Å². The third-order valence-electron chi connectivity index (χ3n) is 3.34. The third kappa shape index (κ3) is 3.91. The van der Waals surface area contributed by atoms with Crippen molar-refractivity contribution in [3.8, 4) is 0 Å². The van der Waals surface area contributed by atoms with Gasteiger partial charge >= 0.3 is 0 Å². The predicted molar refractivity (Wildman–Crippen MR) is 86.6 cm³/mol. The number of ether oxygens (including phenoxy) is 1. The molecule has 0 aliphatic heterocycles. The number of hydrogen-bond donors (Lipinski definition) is 1. The van der Waals surface area contributed by atoms with E-state index in [1.165, 1.54) is 10.3 Å². The fraction of sp³-hybridized carbons (Fsp3) is 0.533. The van der Waals surface area contributed by atoms with E-state index >= 15 is 0 Å². The van der Waals surface area contributed by atoms with Gasteiger partial charge in [-0.25, -0.2) is 4.98 Å². The number of methoxy groups -OCH3 is 1. The van der Waals surface area contributed by atoms with Crippen molar-refractivity contribution in [1.29, 1.82) is 0 Å². The molecule has 1 N–H and O–H groups in total. The second kappa shape index (κ2) is 7.57. The molecule has 0 aliphatic carbocycles. The Morgan fingerprint density at radius 1 is 1.30 bits per heavy atom. The normalized spacial score (nSPS) is 11.4. The summed E-state index contributed by atoms with van der Waals surface area (Å²) in [6.45, 7) is 9.07. The van der Waals surface area contributed by atoms with Gasteiger partial charge in [0.2, 0.25) is 0 Å². The minimum absolute atomic E-state index is 0.698. The van der Waals surface area contributed by atoms with E-state index in [-0.39, 0.29) is 0 Å². The average molecular weight is 293 g/mol. The first-order valence-corrected chi connectivity index (χ1v) is 7.93. The smallest absolute Gasteiger partial charge is 0.183 e. The Balaban J connectivity index is 2.08. The second-order valence-corrected chi connectivity index (χ2v) is 5.73. The Morgan fingerprint density at radius 3 is 2.80 bits per heavy atom. The first-order chi connectivity index (χ1) is 9.76. The van der Waals surface area contributed by atoms with Crippen LogP contribution in [0.5, 0.6) is 0 Å². The zero-order valence-electron chi connectivity index (χ0n) is 12.5. The molecule has 1 heterocycles. The lowest BCUT2D eigenvalue weighted by Gasteiger charge is -2.17. The fourth-order valence-corrected chi connectivity index (χ4v) is 3.06. The van der Waals surface area contributed by atoms with Crippen molar-refractivity contribution >= 4 is 26.7 Å². The van der Waals surface area contributed by atoms with Gasteiger partial charge in [-0.05, 0) is 30.8 Å². The molecule has 0 unspecified atom stereocenters. The van der Waals surface area contributed by atoms with E-state index in [1.807, 2.05) is 0 Å². The molecule has 1 aromatic carbocycles. The van der Waals surface area contributed by atoms with Gasteiger partial charge in [0.15, 0.2) is 5.13 Å². The highest BCUT2D eigenvalue weighted by Gasteiger charge is 2.06. The van der Waals surface area contributed by atoms with E-state index in [0.717, 1.165) is 36.8 Å². The summed E-state index contributed by atoms with van der Waals surface area (Å²) in [4.78, 5) is 7.00. The molecule has 0 aliphatic rings. The van der Waals surface area contributed by atoms with Crippen LogP contribution in [-0.4, -0.2) is 43.2 Å². The minimum atomic E-state index is 0.698. The van der Waals surface area contributed by atoms with Crippen molar-refractivity contribution in [3.63, 3.8) is 0 Å². The molecule has 0 saturated heterocycles. The fourth-order valence-electron chi connectivity index (χ4n) is 2.11. The van der Waals surface area contributed by atoms with Crippen LogP contribution in [0.2, 0.25) is 0 Å². The third-order valence-corrected chi connectivity index (χ3v) is 4.31. The van der Waals surface area contributed by atoms with Crippen molar-refractivity contribution in [3.05, 3.63) is 23.8 Å². The van der Waals surface area contributed by atoms with Gasteiger partial charge in [-0.3, -0.25) is 4.90 Å². The highest BCUT2D eigenvalue weighted by Crippen LogP contribution is 2.27. The highest BCUT2D eigenvalue weighted by atomic mass is 32.1. The monoisotopic (exact) mass is 293 g/mol. The summed E-state index contributed by atoms with van der Waals surface area (Å²) in [5, 5.41) is 4.26. The maximum absolute atomic E-state index is 5.03. The van der Waals surface area contributed by atoms with E-state index in [4.69, 9.17) is 4.74 Å². The van der Waals surface area contributed by atoms with Crippen molar-refractivity contribution in [2.45, 2.75) is 20.4 Å². The van der Waals surface area contributed by atoms with Crippen molar-refractivity contribution in [1.82, 2.24) is 9.88 Å². The molecular weight excluding hydrogens is 270 g/mol. The Hall–Kier alpha value is -1.17. The number of rotatable bonds is 8. The van der Waals surface area contributed by atoms with E-state index in [1.54, 1.807) is 18.4 Å². The summed E-state index contributed by atoms with van der Waals surface area (Å²) in [5.74, 6) is 0. The summed E-state index contributed by atoms with van der Waals surface area (Å²) in [6.07, 6.45) is 0. The molecule has 110 valence electrons. The van der Waals surface area contributed by atoms with E-state index in [0.29, 0.717) is 6.61 Å². The van der Waals surface area contributed by atoms with Crippen molar-refractivity contribution in [2.24, 2.45) is 0 Å². The van der Waals surface area contributed by atoms with Gasteiger partial charge in [0, 0.05) is 20.2 Å². The van der Waals surface area contributed by atoms with Crippen LogP contribution in [0.25, 0.3) is 10.2 Å². The van der Waals surface area contributed by atoms with Crippen LogP contribution >= 0.6 is 11.3 Å². The standard InChI is InChI=1S/C15H23N3OS/c1-4-18(5-2)11-12-6-7-13-14(10-12)20-15(17-13)16-8-9-19-3/h6-7,10H,4-5,8-9,11H2,1-3H3,(H,16,17). The zero-order chi connectivity index (χ0) is 14.4. The Bertz CT molecular complexity index is 537. The van der Waals surface area contributed by atoms with Crippen LogP contribution in [0.3, 0.4) is 0 Å². The summed E-state index contributed by atoms with van der Waals surface area (Å²) in [6, 6.07) is 6.55. The Morgan fingerprint density at radius 2 is 2.10 bits per heavy atom. The van der Waals surface area contributed by atoms with Gasteiger partial charge in [-0.1, -0.05) is 31.3 Å². The predicted octanol–water partition coefficient (Wildman–Crippen LogP) is 3.20. The number of hydrogen-bond acceptors (Lipinski definition) is 5. The van der Waals surface area contributed by atoms with E-state index < -0.39 is 0 Å². The summed E-state index contributed by atoms with van der Waals surface area (Å²) >= 11 is 1.71. The van der Waals surface area contributed by atoms with E-state index in [2.05, 4.69) is 47.2 Å². The van der Waals surface area contributed by atoms with Crippen LogP contribution in [-0.2, 0) is 11.3 Å². The Labute approximate surface area is 124 Å². The van der Waals surface area contributed by atoms with Gasteiger partial charge in [-0.2, -0.15) is 0 Å². The molecular formula is C15H23N3OS. The van der Waals surface area contributed by atoms with Crippen LogP contribution < -0.4 is 5.32 Å². The molecule has 0 radical (unpaired) electrons. The first-order valence-electron chi connectivity index (χ1n) is 7.11. The molecule has 0 fully saturated rings. The zero-order valence-corrected chi connectivity index (χ0v) is 13.3. The minimum Gasteiger partial charge on any atom is -0.383 e. The summed E-state index contributed by atoms with van der Waals surface area (Å²) < 4.78 is 6.28. The maximum Gasteiger partial charge on any atom is 0.183 e. The average Bonchev–Trinajstić information content (AvgIpc) is 2.87. The number of benzene rings is 1. The number of aromatic nitrogens is 1. The SMILES string of the molecule is CCN(CC)Cc1ccc2nc(NCCOC)sc2c1. The summed E-state index contributed by atoms with van der Waals surface area (Å²) in [5.41, 5.74) is 2.42. The lowest BCUT2D eigenvalue weighted by atomic mass is 10.2. The molecule has 0 atom stereocenters. The topological polar surface area (TPSA) is 37.4 Å². The highest BCUT2D eigenvalue weighted by molar-refractivity contribution is 7.22. The van der Waals surface area contributed by atoms with Gasteiger partial charge in [-0.15, -0.1) is 0 Å². The molecule has 0 amide bonds. The number of fused-ring (bicyclic) bond motifs is 1. The summed E-state index contributed by atoms with van der Waals surface area (Å²) in [7, 11) is 1.71. The van der Waals surface area contributed by atoms with Gasteiger partial charge < -0.3 is 10.1 Å². The first kappa shape index (κ1) is 15.2. The molecule has 2 rings (SSSR count). The van der Waals surface area contributed by atoms with Gasteiger partial charge in [0.25, 0.3) is 0 Å². The van der Waals surface area contributed by atoms with Crippen LogP contribution in [0.4, 0.5) is 5.13 Å². The molecule has 5 heteroatoms.